The molecular weight excluding hydrogens is 322 g/mol. The zero-order valence-electron chi connectivity index (χ0n) is 13.3. The van der Waals surface area contributed by atoms with Crippen LogP contribution in [0.15, 0.2) is 71.0 Å². The predicted octanol–water partition coefficient (Wildman–Crippen LogP) is 3.90. The van der Waals surface area contributed by atoms with Crippen molar-refractivity contribution in [2.24, 2.45) is 0 Å². The van der Waals surface area contributed by atoms with Crippen LogP contribution in [0, 0.1) is 18.3 Å². The minimum Gasteiger partial charge on any atom is -0.489 e. The van der Waals surface area contributed by atoms with Crippen molar-refractivity contribution in [1.29, 1.82) is 5.26 Å². The summed E-state index contributed by atoms with van der Waals surface area (Å²) in [6.45, 7) is 5.73. The van der Waals surface area contributed by atoms with Gasteiger partial charge >= 0.3 is 0 Å². The first kappa shape index (κ1) is 17.5. The van der Waals surface area contributed by atoms with Gasteiger partial charge in [-0.1, -0.05) is 48.6 Å². The van der Waals surface area contributed by atoms with Crippen LogP contribution in [0.2, 0.25) is 0 Å². The number of hydrogen-bond acceptors (Lipinski definition) is 4. The molecule has 0 unspecified atom stereocenters. The summed E-state index contributed by atoms with van der Waals surface area (Å²) >= 11 is 0. The Morgan fingerprint density at radius 1 is 1.21 bits per heavy atom. The van der Waals surface area contributed by atoms with Crippen LogP contribution in [0.1, 0.15) is 11.1 Å². The van der Waals surface area contributed by atoms with Gasteiger partial charge in [-0.15, -0.1) is 0 Å². The zero-order chi connectivity index (χ0) is 17.6. The molecule has 0 fully saturated rings. The monoisotopic (exact) mass is 339 g/mol. The Labute approximate surface area is 142 Å². The molecule has 0 amide bonds. The van der Waals surface area contributed by atoms with Crippen LogP contribution in [0.25, 0.3) is 6.08 Å². The minimum atomic E-state index is -3.88. The first-order valence-electron chi connectivity index (χ1n) is 7.25. The number of hydrogen-bond donors (Lipinski definition) is 0. The quantitative estimate of drug-likeness (QED) is 0.591. The van der Waals surface area contributed by atoms with Crippen LogP contribution < -0.4 is 4.74 Å². The van der Waals surface area contributed by atoms with Gasteiger partial charge in [0.1, 0.15) is 23.3 Å². The largest absolute Gasteiger partial charge is 0.489 e. The third kappa shape index (κ3) is 3.92. The first-order valence-corrected chi connectivity index (χ1v) is 8.73. The summed E-state index contributed by atoms with van der Waals surface area (Å²) in [5, 5.41) is 9.35. The van der Waals surface area contributed by atoms with E-state index >= 15 is 0 Å². The Morgan fingerprint density at radius 2 is 1.88 bits per heavy atom. The fraction of sp³-hybridized carbons (Fsp3) is 0.105. The predicted molar refractivity (Wildman–Crippen MR) is 94.1 cm³/mol. The van der Waals surface area contributed by atoms with Gasteiger partial charge in [0, 0.05) is 5.56 Å². The van der Waals surface area contributed by atoms with Gasteiger partial charge in [-0.2, -0.15) is 5.26 Å². The molecule has 0 aliphatic carbocycles. The third-order valence-corrected chi connectivity index (χ3v) is 4.97. The Kier molecular flexibility index (Phi) is 5.56. The molecule has 0 atom stereocenters. The van der Waals surface area contributed by atoms with Crippen LogP contribution in [0.4, 0.5) is 0 Å². The van der Waals surface area contributed by atoms with Crippen molar-refractivity contribution in [3.05, 3.63) is 77.2 Å². The van der Waals surface area contributed by atoms with Crippen molar-refractivity contribution in [2.75, 3.05) is 6.61 Å². The number of para-hydroxylation sites is 1. The number of rotatable bonds is 6. The summed E-state index contributed by atoms with van der Waals surface area (Å²) in [5.41, 5.74) is 1.46. The number of benzene rings is 2. The highest BCUT2D eigenvalue weighted by Crippen LogP contribution is 2.26. The summed E-state index contributed by atoms with van der Waals surface area (Å²) in [5.74, 6) is 0.490. The topological polar surface area (TPSA) is 67.2 Å². The van der Waals surface area contributed by atoms with Gasteiger partial charge in [0.25, 0.3) is 0 Å². The molecule has 2 rings (SSSR count). The maximum atomic E-state index is 12.7. The summed E-state index contributed by atoms with van der Waals surface area (Å²) in [4.78, 5) is -0.244. The second kappa shape index (κ2) is 7.62. The number of nitriles is 1. The van der Waals surface area contributed by atoms with Crippen molar-refractivity contribution < 1.29 is 13.2 Å². The Morgan fingerprint density at radius 3 is 2.50 bits per heavy atom. The molecule has 0 spiro atoms. The number of sulfone groups is 1. The lowest BCUT2D eigenvalue weighted by Crippen LogP contribution is -2.04. The standard InChI is InChI=1S/C19H17NO3S/c1-3-12-23-19-7-5-4-6-16(19)13-18(14-20)24(21,22)17-10-8-15(2)9-11-17/h3-11,13H,1,12H2,2H3/b18-13+. The highest BCUT2D eigenvalue weighted by atomic mass is 32.2. The SMILES string of the molecule is C=CCOc1ccccc1/C=C(\C#N)S(=O)(=O)c1ccc(C)cc1. The van der Waals surface area contributed by atoms with Gasteiger partial charge in [0.05, 0.1) is 4.90 Å². The van der Waals surface area contributed by atoms with E-state index in [1.165, 1.54) is 18.2 Å². The van der Waals surface area contributed by atoms with Crippen molar-refractivity contribution in [2.45, 2.75) is 11.8 Å². The van der Waals surface area contributed by atoms with E-state index in [-0.39, 0.29) is 16.4 Å². The molecule has 24 heavy (non-hydrogen) atoms. The van der Waals surface area contributed by atoms with Gasteiger partial charge in [-0.25, -0.2) is 8.42 Å². The third-order valence-electron chi connectivity index (χ3n) is 3.29. The van der Waals surface area contributed by atoms with E-state index in [0.717, 1.165) is 5.56 Å². The van der Waals surface area contributed by atoms with Gasteiger partial charge in [-0.3, -0.25) is 0 Å². The van der Waals surface area contributed by atoms with E-state index in [0.29, 0.717) is 11.3 Å². The van der Waals surface area contributed by atoms with Crippen molar-refractivity contribution in [3.8, 4) is 11.8 Å². The Bertz CT molecular complexity index is 904. The van der Waals surface area contributed by atoms with E-state index in [9.17, 15) is 13.7 Å². The molecule has 0 radical (unpaired) electrons. The van der Waals surface area contributed by atoms with Crippen molar-refractivity contribution in [1.82, 2.24) is 0 Å². The van der Waals surface area contributed by atoms with Gasteiger partial charge in [0.2, 0.25) is 9.84 Å². The lowest BCUT2D eigenvalue weighted by molar-refractivity contribution is 0.362. The van der Waals surface area contributed by atoms with Crippen molar-refractivity contribution >= 4 is 15.9 Å². The lowest BCUT2D eigenvalue weighted by Gasteiger charge is -2.08. The van der Waals surface area contributed by atoms with E-state index in [1.54, 1.807) is 48.5 Å². The molecule has 0 saturated carbocycles. The normalized spacial score (nSPS) is 11.6. The van der Waals surface area contributed by atoms with Crippen molar-refractivity contribution in [3.63, 3.8) is 0 Å². The smallest absolute Gasteiger partial charge is 0.216 e. The molecule has 0 aromatic heterocycles. The van der Waals surface area contributed by atoms with E-state index < -0.39 is 9.84 Å². The Balaban J connectivity index is 2.48. The highest BCUT2D eigenvalue weighted by Gasteiger charge is 2.21. The van der Waals surface area contributed by atoms with Crippen LogP contribution in [0.5, 0.6) is 5.75 Å². The second-order valence-corrected chi connectivity index (χ2v) is 6.99. The average molecular weight is 339 g/mol. The van der Waals surface area contributed by atoms with Crippen LogP contribution >= 0.6 is 0 Å². The fourth-order valence-corrected chi connectivity index (χ4v) is 3.19. The first-order chi connectivity index (χ1) is 11.5. The number of aryl methyl sites for hydroxylation is 1. The maximum absolute atomic E-state index is 12.7. The maximum Gasteiger partial charge on any atom is 0.216 e. The molecule has 0 saturated heterocycles. The molecule has 0 aliphatic heterocycles. The summed E-state index contributed by atoms with van der Waals surface area (Å²) < 4.78 is 30.8. The Hall–Kier alpha value is -2.84. The molecule has 0 bridgehead atoms. The van der Waals surface area contributed by atoms with Crippen LogP contribution in [-0.4, -0.2) is 15.0 Å². The molecule has 122 valence electrons. The van der Waals surface area contributed by atoms with E-state index in [4.69, 9.17) is 4.74 Å². The van der Waals surface area contributed by atoms with E-state index in [1.807, 2.05) is 6.92 Å². The zero-order valence-corrected chi connectivity index (χ0v) is 14.1. The fourth-order valence-electron chi connectivity index (χ4n) is 2.04. The van der Waals surface area contributed by atoms with Crippen LogP contribution in [-0.2, 0) is 9.84 Å². The van der Waals surface area contributed by atoms with Gasteiger partial charge in [0.15, 0.2) is 0 Å². The minimum absolute atomic E-state index is 0.0883. The summed E-state index contributed by atoms with van der Waals surface area (Å²) in [7, 11) is -3.88. The lowest BCUT2D eigenvalue weighted by atomic mass is 10.2. The summed E-state index contributed by atoms with van der Waals surface area (Å²) in [6.07, 6.45) is 2.92. The number of allylic oxidation sites excluding steroid dienone is 1. The average Bonchev–Trinajstić information content (AvgIpc) is 2.58. The number of ether oxygens (including phenoxy) is 1. The second-order valence-electron chi connectivity index (χ2n) is 5.07. The van der Waals surface area contributed by atoms with Gasteiger partial charge in [-0.05, 0) is 31.2 Å². The molecule has 0 N–H and O–H groups in total. The molecule has 0 aliphatic rings. The summed E-state index contributed by atoms with van der Waals surface area (Å²) in [6, 6.07) is 15.1. The molecule has 5 heteroatoms. The van der Waals surface area contributed by atoms with Gasteiger partial charge < -0.3 is 4.74 Å². The molecular formula is C19H17NO3S. The van der Waals surface area contributed by atoms with Crippen LogP contribution in [0.3, 0.4) is 0 Å². The molecule has 0 heterocycles. The highest BCUT2D eigenvalue weighted by molar-refractivity contribution is 7.95. The number of nitrogens with zero attached hydrogens (tertiary/aromatic N) is 1. The molecule has 2 aromatic rings. The molecule has 2 aromatic carbocycles. The van der Waals surface area contributed by atoms with E-state index in [2.05, 4.69) is 6.58 Å². The molecule has 4 nitrogen and oxygen atoms in total.